The molecule has 21 heavy (non-hydrogen) atoms. The van der Waals surface area contributed by atoms with Gasteiger partial charge in [0.1, 0.15) is 18.1 Å². The molecule has 0 radical (unpaired) electrons. The molecule has 3 heteroatoms. The van der Waals surface area contributed by atoms with Crippen LogP contribution < -0.4 is 10.1 Å². The van der Waals surface area contributed by atoms with Crippen LogP contribution in [0.15, 0.2) is 28.9 Å². The van der Waals surface area contributed by atoms with Gasteiger partial charge < -0.3 is 14.5 Å². The Morgan fingerprint density at radius 1 is 1.19 bits per heavy atom. The third-order valence-electron chi connectivity index (χ3n) is 4.11. The molecule has 0 saturated heterocycles. The van der Waals surface area contributed by atoms with Crippen LogP contribution in [0, 0.1) is 20.8 Å². The van der Waals surface area contributed by atoms with Crippen LogP contribution in [-0.4, -0.2) is 6.04 Å². The molecule has 1 aliphatic carbocycles. The van der Waals surface area contributed by atoms with Gasteiger partial charge in [-0.3, -0.25) is 0 Å². The fourth-order valence-corrected chi connectivity index (χ4v) is 2.44. The van der Waals surface area contributed by atoms with Crippen LogP contribution in [0.2, 0.25) is 0 Å². The van der Waals surface area contributed by atoms with E-state index < -0.39 is 0 Å². The topological polar surface area (TPSA) is 34.4 Å². The third-order valence-corrected chi connectivity index (χ3v) is 4.11. The quantitative estimate of drug-likeness (QED) is 0.870. The Morgan fingerprint density at radius 2 is 1.95 bits per heavy atom. The Bertz CT molecular complexity index is 626. The summed E-state index contributed by atoms with van der Waals surface area (Å²) in [5.74, 6) is 1.85. The van der Waals surface area contributed by atoms with Crippen LogP contribution in [0.5, 0.6) is 5.75 Å². The number of furan rings is 1. The van der Waals surface area contributed by atoms with Gasteiger partial charge in [0.05, 0.1) is 6.26 Å². The first-order valence-electron chi connectivity index (χ1n) is 7.63. The van der Waals surface area contributed by atoms with Crippen LogP contribution in [0.3, 0.4) is 0 Å². The number of hydrogen-bond acceptors (Lipinski definition) is 3. The lowest BCUT2D eigenvalue weighted by Crippen LogP contribution is -2.14. The van der Waals surface area contributed by atoms with Crippen LogP contribution in [0.4, 0.5) is 0 Å². The average molecular weight is 285 g/mol. The number of aryl methyl sites for hydroxylation is 2. The average Bonchev–Trinajstić information content (AvgIpc) is 3.20. The molecule has 1 aromatic heterocycles. The van der Waals surface area contributed by atoms with Crippen molar-refractivity contribution in [3.05, 3.63) is 52.5 Å². The summed E-state index contributed by atoms with van der Waals surface area (Å²) in [6.45, 7) is 7.65. The second-order valence-electron chi connectivity index (χ2n) is 6.02. The lowest BCUT2D eigenvalue weighted by Gasteiger charge is -2.12. The van der Waals surface area contributed by atoms with Gasteiger partial charge in [0, 0.05) is 18.2 Å². The molecular weight excluding hydrogens is 262 g/mol. The van der Waals surface area contributed by atoms with Gasteiger partial charge in [0.2, 0.25) is 0 Å². The molecule has 2 aromatic rings. The van der Waals surface area contributed by atoms with Crippen molar-refractivity contribution in [2.45, 2.75) is 52.8 Å². The van der Waals surface area contributed by atoms with Crippen molar-refractivity contribution in [3.8, 4) is 5.75 Å². The molecule has 0 spiro atoms. The van der Waals surface area contributed by atoms with E-state index in [2.05, 4.69) is 44.3 Å². The highest BCUT2D eigenvalue weighted by Crippen LogP contribution is 2.27. The van der Waals surface area contributed by atoms with Crippen molar-refractivity contribution in [2.75, 3.05) is 0 Å². The van der Waals surface area contributed by atoms with Gasteiger partial charge in [0.25, 0.3) is 0 Å². The lowest BCUT2D eigenvalue weighted by molar-refractivity contribution is 0.267. The van der Waals surface area contributed by atoms with E-state index in [-0.39, 0.29) is 0 Å². The van der Waals surface area contributed by atoms with E-state index in [9.17, 15) is 0 Å². The highest BCUT2D eigenvalue weighted by Gasteiger charge is 2.20. The molecule has 1 fully saturated rings. The highest BCUT2D eigenvalue weighted by molar-refractivity contribution is 5.44. The molecule has 0 aliphatic heterocycles. The van der Waals surface area contributed by atoms with E-state index in [1.54, 1.807) is 0 Å². The first kappa shape index (κ1) is 14.2. The van der Waals surface area contributed by atoms with Crippen molar-refractivity contribution < 1.29 is 9.15 Å². The number of nitrogens with one attached hydrogen (secondary N) is 1. The predicted molar refractivity (Wildman–Crippen MR) is 83.6 cm³/mol. The smallest absolute Gasteiger partial charge is 0.146 e. The summed E-state index contributed by atoms with van der Waals surface area (Å²) in [5, 5.41) is 3.48. The lowest BCUT2D eigenvalue weighted by atomic mass is 10.1. The van der Waals surface area contributed by atoms with E-state index in [1.807, 2.05) is 6.26 Å². The maximum atomic E-state index is 5.97. The Morgan fingerprint density at radius 3 is 2.71 bits per heavy atom. The van der Waals surface area contributed by atoms with Gasteiger partial charge in [-0.05, 0) is 56.4 Å². The molecule has 3 rings (SSSR count). The van der Waals surface area contributed by atoms with Crippen LogP contribution in [0.25, 0.3) is 0 Å². The number of rotatable bonds is 6. The third kappa shape index (κ3) is 3.48. The summed E-state index contributed by atoms with van der Waals surface area (Å²) in [6, 6.07) is 7.03. The Labute approximate surface area is 126 Å². The van der Waals surface area contributed by atoms with Crippen molar-refractivity contribution in [1.29, 1.82) is 0 Å². The number of hydrogen-bond donors (Lipinski definition) is 1. The zero-order chi connectivity index (χ0) is 14.8. The second-order valence-corrected chi connectivity index (χ2v) is 6.02. The SMILES string of the molecule is Cc1ccc(C)c(OCc2cc(CNC3CC3)co2)c1C. The van der Waals surface area contributed by atoms with Crippen molar-refractivity contribution in [3.63, 3.8) is 0 Å². The molecule has 1 heterocycles. The minimum absolute atomic E-state index is 0.481. The Balaban J connectivity index is 1.60. The van der Waals surface area contributed by atoms with Crippen molar-refractivity contribution in [1.82, 2.24) is 5.32 Å². The first-order chi connectivity index (χ1) is 10.1. The molecule has 0 atom stereocenters. The second kappa shape index (κ2) is 5.94. The van der Waals surface area contributed by atoms with Gasteiger partial charge in [0.15, 0.2) is 0 Å². The highest BCUT2D eigenvalue weighted by atomic mass is 16.5. The van der Waals surface area contributed by atoms with E-state index >= 15 is 0 Å². The maximum Gasteiger partial charge on any atom is 0.146 e. The Hall–Kier alpha value is -1.74. The molecule has 1 saturated carbocycles. The van der Waals surface area contributed by atoms with Gasteiger partial charge in [-0.1, -0.05) is 12.1 Å². The van der Waals surface area contributed by atoms with Crippen LogP contribution >= 0.6 is 0 Å². The number of ether oxygens (including phenoxy) is 1. The molecule has 0 unspecified atom stereocenters. The molecule has 112 valence electrons. The van der Waals surface area contributed by atoms with E-state index in [4.69, 9.17) is 9.15 Å². The van der Waals surface area contributed by atoms with Crippen molar-refractivity contribution >= 4 is 0 Å². The van der Waals surface area contributed by atoms with E-state index in [0.29, 0.717) is 6.61 Å². The fourth-order valence-electron chi connectivity index (χ4n) is 2.44. The summed E-state index contributed by atoms with van der Waals surface area (Å²) in [4.78, 5) is 0. The molecule has 3 nitrogen and oxygen atoms in total. The Kier molecular flexibility index (Phi) is 4.02. The summed E-state index contributed by atoms with van der Waals surface area (Å²) in [6.07, 6.45) is 4.43. The van der Waals surface area contributed by atoms with Crippen LogP contribution in [0.1, 0.15) is 40.9 Å². The van der Waals surface area contributed by atoms with Gasteiger partial charge in [-0.25, -0.2) is 0 Å². The standard InChI is InChI=1S/C18H23NO2/c1-12-4-5-13(2)18(14(12)3)21-11-17-8-15(10-20-17)9-19-16-6-7-16/h4-5,8,10,16,19H,6-7,9,11H2,1-3H3. The fraction of sp³-hybridized carbons (Fsp3) is 0.444. The molecule has 1 aromatic carbocycles. The largest absolute Gasteiger partial charge is 0.485 e. The minimum atomic E-state index is 0.481. The molecule has 1 N–H and O–H groups in total. The molecule has 0 bridgehead atoms. The zero-order valence-corrected chi connectivity index (χ0v) is 13.0. The molecule has 1 aliphatic rings. The van der Waals surface area contributed by atoms with Crippen molar-refractivity contribution in [2.24, 2.45) is 0 Å². The number of benzene rings is 1. The van der Waals surface area contributed by atoms with E-state index in [1.165, 1.54) is 35.1 Å². The minimum Gasteiger partial charge on any atom is -0.485 e. The predicted octanol–water partition coefficient (Wildman–Crippen LogP) is 4.04. The normalized spacial score (nSPS) is 14.4. The zero-order valence-electron chi connectivity index (χ0n) is 13.0. The van der Waals surface area contributed by atoms with Gasteiger partial charge >= 0.3 is 0 Å². The molecule has 0 amide bonds. The summed E-state index contributed by atoms with van der Waals surface area (Å²) in [5.41, 5.74) is 4.82. The van der Waals surface area contributed by atoms with Gasteiger partial charge in [-0.15, -0.1) is 0 Å². The molecular formula is C18H23NO2. The maximum absolute atomic E-state index is 5.97. The summed E-state index contributed by atoms with van der Waals surface area (Å²) >= 11 is 0. The monoisotopic (exact) mass is 285 g/mol. The van der Waals surface area contributed by atoms with Crippen LogP contribution in [-0.2, 0) is 13.2 Å². The summed E-state index contributed by atoms with van der Waals surface area (Å²) < 4.78 is 11.6. The van der Waals surface area contributed by atoms with Gasteiger partial charge in [-0.2, -0.15) is 0 Å². The van der Waals surface area contributed by atoms with E-state index in [0.717, 1.165) is 24.1 Å². The first-order valence-corrected chi connectivity index (χ1v) is 7.63. The summed E-state index contributed by atoms with van der Waals surface area (Å²) in [7, 11) is 0.